The molecule has 1 aromatic heterocycles. The van der Waals surface area contributed by atoms with Crippen LogP contribution in [0.2, 0.25) is 0 Å². The first kappa shape index (κ1) is 27.7. The average molecular weight is 485 g/mol. The largest absolute Gasteiger partial charge is 0.493 e. The van der Waals surface area contributed by atoms with E-state index in [2.05, 4.69) is 70.3 Å². The predicted octanol–water partition coefficient (Wildman–Crippen LogP) is 8.15. The molecule has 0 aliphatic carbocycles. The zero-order chi connectivity index (χ0) is 25.3. The van der Waals surface area contributed by atoms with E-state index >= 15 is 0 Å². The lowest BCUT2D eigenvalue weighted by atomic mass is 9.89. The smallest absolute Gasteiger partial charge is 0.143 e. The Balaban J connectivity index is 0.00000199. The lowest BCUT2D eigenvalue weighted by molar-refractivity contribution is -0.104. The van der Waals surface area contributed by atoms with Gasteiger partial charge < -0.3 is 9.84 Å². The maximum Gasteiger partial charge on any atom is 0.143 e. The van der Waals surface area contributed by atoms with Crippen LogP contribution in [-0.4, -0.2) is 31.8 Å². The van der Waals surface area contributed by atoms with Gasteiger partial charge in [-0.1, -0.05) is 46.8 Å². The lowest BCUT2D eigenvalue weighted by Gasteiger charge is -2.21. The number of aldehydes is 1. The molecule has 0 aliphatic rings. The van der Waals surface area contributed by atoms with Crippen LogP contribution < -0.4 is 4.74 Å². The molecule has 3 nitrogen and oxygen atoms in total. The van der Waals surface area contributed by atoms with Gasteiger partial charge in [0, 0.05) is 34.7 Å². The maximum atomic E-state index is 12.8. The second-order valence-electron chi connectivity index (χ2n) is 8.73. The van der Waals surface area contributed by atoms with Gasteiger partial charge in [0.1, 0.15) is 12.0 Å². The summed E-state index contributed by atoms with van der Waals surface area (Å²) in [7, 11) is 1.00. The van der Waals surface area contributed by atoms with Gasteiger partial charge in [0.15, 0.2) is 0 Å². The molecule has 34 heavy (non-hydrogen) atoms. The average Bonchev–Trinajstić information content (AvgIpc) is 3.26. The van der Waals surface area contributed by atoms with Crippen molar-refractivity contribution in [1.29, 1.82) is 0 Å². The number of hydrogen-bond acceptors (Lipinski definition) is 4. The number of rotatable bonds is 10. The summed E-state index contributed by atoms with van der Waals surface area (Å²) < 4.78 is 20.2. The standard InChI is InChI=1S/C28H33FO2S.CH4O/c1-6-20(10-12-30)21-8-9-27-24(14-21)26(17-32-27)25-16-22(18(2)3)15-23(19(4)5)28(25)31-13-7-11-29;1-2/h8-10,12,14-19H,6-7,11,13H2,1-5H3;2H,1H3/b20-10+;. The molecule has 1 heterocycles. The molecule has 3 aromatic rings. The molecule has 0 fully saturated rings. The highest BCUT2D eigenvalue weighted by Crippen LogP contribution is 2.44. The Morgan fingerprint density at radius 2 is 1.82 bits per heavy atom. The number of carbonyl (C=O) groups excluding carboxylic acids is 1. The van der Waals surface area contributed by atoms with E-state index in [4.69, 9.17) is 9.84 Å². The minimum Gasteiger partial charge on any atom is -0.493 e. The van der Waals surface area contributed by atoms with Gasteiger partial charge in [-0.25, -0.2) is 0 Å². The monoisotopic (exact) mass is 484 g/mol. The molecule has 0 saturated carbocycles. The van der Waals surface area contributed by atoms with Crippen molar-refractivity contribution in [3.05, 3.63) is 58.5 Å². The summed E-state index contributed by atoms with van der Waals surface area (Å²) in [4.78, 5) is 11.1. The molecule has 0 radical (unpaired) electrons. The molecule has 1 N–H and O–H groups in total. The quantitative estimate of drug-likeness (QED) is 0.179. The van der Waals surface area contributed by atoms with Crippen molar-refractivity contribution in [1.82, 2.24) is 0 Å². The molecule has 5 heteroatoms. The number of ether oxygens (including phenoxy) is 1. The van der Waals surface area contributed by atoms with Crippen molar-refractivity contribution in [2.75, 3.05) is 20.4 Å². The molecule has 3 rings (SSSR count). The van der Waals surface area contributed by atoms with Crippen molar-refractivity contribution < 1.29 is 19.0 Å². The summed E-state index contributed by atoms with van der Waals surface area (Å²) in [6.45, 7) is 10.8. The minimum atomic E-state index is -0.385. The summed E-state index contributed by atoms with van der Waals surface area (Å²) in [6.07, 6.45) is 3.68. The summed E-state index contributed by atoms with van der Waals surface area (Å²) in [5.74, 6) is 1.53. The van der Waals surface area contributed by atoms with Gasteiger partial charge in [0.05, 0.1) is 13.3 Å². The highest BCUT2D eigenvalue weighted by molar-refractivity contribution is 7.17. The third-order valence-corrected chi connectivity index (χ3v) is 6.80. The molecular formula is C29H37FO3S. The van der Waals surface area contributed by atoms with Crippen LogP contribution in [0.25, 0.3) is 26.8 Å². The summed E-state index contributed by atoms with van der Waals surface area (Å²) in [5.41, 5.74) is 6.73. The van der Waals surface area contributed by atoms with Crippen LogP contribution in [0, 0.1) is 0 Å². The Morgan fingerprint density at radius 1 is 1.09 bits per heavy atom. The van der Waals surface area contributed by atoms with Crippen LogP contribution in [0.15, 0.2) is 41.8 Å². The number of alkyl halides is 1. The summed E-state index contributed by atoms with van der Waals surface area (Å²) in [6, 6.07) is 10.9. The van der Waals surface area contributed by atoms with Gasteiger partial charge in [-0.3, -0.25) is 9.18 Å². The fraction of sp³-hybridized carbons (Fsp3) is 0.414. The Labute approximate surface area is 207 Å². The molecule has 0 bridgehead atoms. The van der Waals surface area contributed by atoms with Crippen molar-refractivity contribution in [3.8, 4) is 16.9 Å². The van der Waals surface area contributed by atoms with Crippen molar-refractivity contribution in [2.24, 2.45) is 0 Å². The normalized spacial score (nSPS) is 11.6. The van der Waals surface area contributed by atoms with E-state index in [-0.39, 0.29) is 12.6 Å². The Bertz CT molecular complexity index is 1110. The lowest BCUT2D eigenvalue weighted by Crippen LogP contribution is -2.05. The Kier molecular flexibility index (Phi) is 10.9. The first-order valence-corrected chi connectivity index (χ1v) is 12.8. The number of benzene rings is 2. The number of allylic oxidation sites excluding steroid dienone is 2. The molecule has 0 aliphatic heterocycles. The van der Waals surface area contributed by atoms with E-state index in [1.807, 2.05) is 0 Å². The zero-order valence-electron chi connectivity index (χ0n) is 21.2. The molecule has 0 unspecified atom stereocenters. The Morgan fingerprint density at radius 3 is 2.41 bits per heavy atom. The van der Waals surface area contributed by atoms with Crippen LogP contribution in [0.1, 0.15) is 76.0 Å². The topological polar surface area (TPSA) is 46.5 Å². The fourth-order valence-corrected chi connectivity index (χ4v) is 4.91. The molecule has 0 saturated heterocycles. The van der Waals surface area contributed by atoms with E-state index in [1.54, 1.807) is 17.4 Å². The molecule has 0 atom stereocenters. The maximum absolute atomic E-state index is 12.8. The van der Waals surface area contributed by atoms with Gasteiger partial charge in [0.2, 0.25) is 0 Å². The molecule has 0 amide bonds. The third kappa shape index (κ3) is 6.34. The van der Waals surface area contributed by atoms with Crippen molar-refractivity contribution in [2.45, 2.75) is 59.3 Å². The summed E-state index contributed by atoms with van der Waals surface area (Å²) >= 11 is 1.71. The predicted molar refractivity (Wildman–Crippen MR) is 144 cm³/mol. The number of hydrogen-bond donors (Lipinski definition) is 1. The van der Waals surface area contributed by atoms with E-state index in [0.29, 0.717) is 18.9 Å². The minimum absolute atomic E-state index is 0.288. The molecule has 184 valence electrons. The van der Waals surface area contributed by atoms with Gasteiger partial charge in [-0.05, 0) is 70.2 Å². The van der Waals surface area contributed by atoms with Gasteiger partial charge in [-0.15, -0.1) is 11.3 Å². The number of thiophene rings is 1. The molecule has 0 spiro atoms. The Hall–Kier alpha value is -2.50. The fourth-order valence-electron chi connectivity index (χ4n) is 3.96. The van der Waals surface area contributed by atoms with Crippen LogP contribution in [-0.2, 0) is 4.79 Å². The number of halogens is 1. The van der Waals surface area contributed by atoms with E-state index in [9.17, 15) is 9.18 Å². The van der Waals surface area contributed by atoms with Crippen LogP contribution >= 0.6 is 11.3 Å². The van der Waals surface area contributed by atoms with Crippen molar-refractivity contribution in [3.63, 3.8) is 0 Å². The molecule has 2 aromatic carbocycles. The number of carbonyl (C=O) groups is 1. The van der Waals surface area contributed by atoms with Crippen LogP contribution in [0.5, 0.6) is 5.75 Å². The third-order valence-electron chi connectivity index (χ3n) is 5.84. The zero-order valence-corrected chi connectivity index (χ0v) is 22.0. The van der Waals surface area contributed by atoms with Gasteiger partial charge in [-0.2, -0.15) is 0 Å². The van der Waals surface area contributed by atoms with E-state index < -0.39 is 0 Å². The second kappa shape index (κ2) is 13.4. The second-order valence-corrected chi connectivity index (χ2v) is 9.64. The first-order chi connectivity index (χ1) is 16.4. The van der Waals surface area contributed by atoms with Gasteiger partial charge >= 0.3 is 0 Å². The highest BCUT2D eigenvalue weighted by atomic mass is 32.1. The number of fused-ring (bicyclic) bond motifs is 1. The summed E-state index contributed by atoms with van der Waals surface area (Å²) in [5, 5.41) is 10.3. The van der Waals surface area contributed by atoms with Crippen molar-refractivity contribution >= 4 is 33.3 Å². The van der Waals surface area contributed by atoms with Gasteiger partial charge in [0.25, 0.3) is 0 Å². The SMILES string of the molecule is CC/C(=C\C=O)c1ccc2scc(-c3cc(C(C)C)cc(C(C)C)c3OCCCF)c2c1.CO. The number of aliphatic hydroxyl groups is 1. The van der Waals surface area contributed by atoms with Crippen LogP contribution in [0.3, 0.4) is 0 Å². The highest BCUT2D eigenvalue weighted by Gasteiger charge is 2.20. The van der Waals surface area contributed by atoms with Crippen LogP contribution in [0.4, 0.5) is 4.39 Å². The first-order valence-electron chi connectivity index (χ1n) is 11.9. The van der Waals surface area contributed by atoms with E-state index in [1.165, 1.54) is 10.3 Å². The number of aliphatic hydroxyl groups excluding tert-OH is 1. The van der Waals surface area contributed by atoms with E-state index in [0.717, 1.165) is 58.8 Å². The molecular weight excluding hydrogens is 447 g/mol.